The number of hydrogen-bond donors (Lipinski definition) is 2. The second kappa shape index (κ2) is 6.80. The number of benzene rings is 1. The number of carbonyl (C=O) groups is 2. The average Bonchev–Trinajstić information content (AvgIpc) is 2.33. The summed E-state index contributed by atoms with van der Waals surface area (Å²) in [6, 6.07) is 4.58. The molecular weight excluding hydrogens is 368 g/mol. The Morgan fingerprint density at radius 1 is 1.30 bits per heavy atom. The van der Waals surface area contributed by atoms with E-state index < -0.39 is 24.6 Å². The first kappa shape index (κ1) is 16.6. The molecule has 1 aromatic rings. The molecule has 2 N–H and O–H groups in total. The molecule has 1 rings (SSSR count). The fraction of sp³-hybridized carbons (Fsp3) is 0.200. The maximum absolute atomic E-state index is 11.8. The third-order valence-corrected chi connectivity index (χ3v) is 2.61. The van der Waals surface area contributed by atoms with Crippen molar-refractivity contribution in [2.24, 2.45) is 0 Å². The zero-order valence-electron chi connectivity index (χ0n) is 9.55. The summed E-state index contributed by atoms with van der Waals surface area (Å²) in [5.74, 6) is -3.08. The largest absolute Gasteiger partial charge is 0.482 e. The van der Waals surface area contributed by atoms with Crippen LogP contribution in [-0.4, -0.2) is 24.6 Å². The van der Waals surface area contributed by atoms with E-state index in [0.29, 0.717) is 4.47 Å². The highest BCUT2D eigenvalue weighted by Crippen LogP contribution is 2.27. The molecule has 0 spiro atoms. The topological polar surface area (TPSA) is 67.4 Å². The van der Waals surface area contributed by atoms with Crippen molar-refractivity contribution in [3.63, 3.8) is 0 Å². The first-order chi connectivity index (χ1) is 9.20. The van der Waals surface area contributed by atoms with Gasteiger partial charge in [-0.25, -0.2) is 0 Å². The maximum Gasteiger partial charge on any atom is 0.472 e. The minimum Gasteiger partial charge on any atom is -0.482 e. The van der Waals surface area contributed by atoms with Crippen molar-refractivity contribution in [1.82, 2.24) is 10.9 Å². The van der Waals surface area contributed by atoms with E-state index in [1.165, 1.54) is 17.6 Å². The van der Waals surface area contributed by atoms with Crippen molar-refractivity contribution < 1.29 is 27.5 Å². The van der Waals surface area contributed by atoms with Gasteiger partial charge in [0.05, 0.1) is 5.02 Å². The number of hydrogen-bond acceptors (Lipinski definition) is 3. The second-order valence-corrected chi connectivity index (χ2v) is 4.69. The Morgan fingerprint density at radius 3 is 2.50 bits per heavy atom. The lowest BCUT2D eigenvalue weighted by Gasteiger charge is -2.10. The highest BCUT2D eigenvalue weighted by Gasteiger charge is 2.38. The van der Waals surface area contributed by atoms with Gasteiger partial charge in [-0.1, -0.05) is 27.5 Å². The van der Waals surface area contributed by atoms with E-state index in [4.69, 9.17) is 16.3 Å². The molecule has 10 heteroatoms. The molecule has 5 nitrogen and oxygen atoms in total. The average molecular weight is 376 g/mol. The van der Waals surface area contributed by atoms with E-state index in [0.717, 1.165) is 0 Å². The predicted molar refractivity (Wildman–Crippen MR) is 67.0 cm³/mol. The van der Waals surface area contributed by atoms with Gasteiger partial charge in [0.2, 0.25) is 0 Å². The van der Waals surface area contributed by atoms with E-state index >= 15 is 0 Å². The lowest BCUT2D eigenvalue weighted by molar-refractivity contribution is -0.175. The van der Waals surface area contributed by atoms with Gasteiger partial charge in [-0.15, -0.1) is 0 Å². The van der Waals surface area contributed by atoms with Crippen LogP contribution in [0.25, 0.3) is 0 Å². The molecule has 20 heavy (non-hydrogen) atoms. The van der Waals surface area contributed by atoms with Gasteiger partial charge in [0, 0.05) is 4.47 Å². The van der Waals surface area contributed by atoms with Gasteiger partial charge in [-0.2, -0.15) is 13.2 Å². The summed E-state index contributed by atoms with van der Waals surface area (Å²) in [4.78, 5) is 21.6. The van der Waals surface area contributed by atoms with Gasteiger partial charge < -0.3 is 4.74 Å². The van der Waals surface area contributed by atoms with Crippen LogP contribution < -0.4 is 15.6 Å². The van der Waals surface area contributed by atoms with Crippen molar-refractivity contribution in [3.8, 4) is 5.75 Å². The third kappa shape index (κ3) is 5.25. The number of halogens is 5. The smallest absolute Gasteiger partial charge is 0.472 e. The van der Waals surface area contributed by atoms with Crippen molar-refractivity contribution in [2.75, 3.05) is 6.61 Å². The Kier molecular flexibility index (Phi) is 5.63. The molecule has 0 saturated carbocycles. The summed E-state index contributed by atoms with van der Waals surface area (Å²) in [5, 5.41) is 0.214. The lowest BCUT2D eigenvalue weighted by Crippen LogP contribution is -2.49. The van der Waals surface area contributed by atoms with Crippen LogP contribution in [0, 0.1) is 0 Å². The van der Waals surface area contributed by atoms with Gasteiger partial charge in [0.25, 0.3) is 5.91 Å². The summed E-state index contributed by atoms with van der Waals surface area (Å²) >= 11 is 8.96. The fourth-order valence-electron chi connectivity index (χ4n) is 0.969. The third-order valence-electron chi connectivity index (χ3n) is 1.83. The number of alkyl halides is 3. The van der Waals surface area contributed by atoms with Crippen LogP contribution in [0.15, 0.2) is 22.7 Å². The van der Waals surface area contributed by atoms with Crippen LogP contribution >= 0.6 is 27.5 Å². The van der Waals surface area contributed by atoms with Crippen LogP contribution in [0.2, 0.25) is 5.02 Å². The Labute approximate surface area is 124 Å². The van der Waals surface area contributed by atoms with Gasteiger partial charge in [0.15, 0.2) is 6.61 Å². The van der Waals surface area contributed by atoms with Crippen molar-refractivity contribution in [3.05, 3.63) is 27.7 Å². The monoisotopic (exact) mass is 374 g/mol. The number of hydrazine groups is 1. The van der Waals surface area contributed by atoms with E-state index in [2.05, 4.69) is 15.9 Å². The summed E-state index contributed by atoms with van der Waals surface area (Å²) in [7, 11) is 0. The molecule has 0 unspecified atom stereocenters. The standard InChI is InChI=1S/C10H7BrClF3N2O3/c11-5-1-2-7(6(12)3-5)20-4-8(18)16-17-9(19)10(13,14)15/h1-3H,4H2,(H,16,18)(H,17,19). The number of ether oxygens (including phenoxy) is 1. The molecule has 0 heterocycles. The quantitative estimate of drug-likeness (QED) is 0.796. The highest BCUT2D eigenvalue weighted by molar-refractivity contribution is 9.10. The second-order valence-electron chi connectivity index (χ2n) is 3.36. The molecule has 0 atom stereocenters. The molecule has 0 aromatic heterocycles. The molecule has 0 radical (unpaired) electrons. The molecule has 0 aliphatic carbocycles. The van der Waals surface area contributed by atoms with E-state index in [1.807, 2.05) is 0 Å². The Morgan fingerprint density at radius 2 is 1.95 bits per heavy atom. The normalized spacial score (nSPS) is 10.8. The molecular formula is C10H7BrClF3N2O3. The minimum atomic E-state index is -5.08. The van der Waals surface area contributed by atoms with Crippen LogP contribution in [0.4, 0.5) is 13.2 Å². The number of nitrogens with one attached hydrogen (secondary N) is 2. The molecule has 2 amide bonds. The molecule has 110 valence electrons. The molecule has 0 saturated heterocycles. The first-order valence-corrected chi connectivity index (χ1v) is 6.11. The highest BCUT2D eigenvalue weighted by atomic mass is 79.9. The van der Waals surface area contributed by atoms with Gasteiger partial charge in [-0.05, 0) is 18.2 Å². The molecule has 1 aromatic carbocycles. The zero-order valence-corrected chi connectivity index (χ0v) is 11.9. The lowest BCUT2D eigenvalue weighted by atomic mass is 10.3. The predicted octanol–water partition coefficient (Wildman–Crippen LogP) is 2.19. The van der Waals surface area contributed by atoms with Crippen LogP contribution in [0.5, 0.6) is 5.75 Å². The van der Waals surface area contributed by atoms with Crippen molar-refractivity contribution in [1.29, 1.82) is 0 Å². The SMILES string of the molecule is O=C(COc1ccc(Br)cc1Cl)NNC(=O)C(F)(F)F. The summed E-state index contributed by atoms with van der Waals surface area (Å²) in [5.41, 5.74) is 2.75. The van der Waals surface area contributed by atoms with E-state index in [9.17, 15) is 22.8 Å². The fourth-order valence-corrected chi connectivity index (χ4v) is 1.70. The number of amides is 2. The van der Waals surface area contributed by atoms with Crippen LogP contribution in [0.3, 0.4) is 0 Å². The van der Waals surface area contributed by atoms with Gasteiger partial charge in [0.1, 0.15) is 5.75 Å². The van der Waals surface area contributed by atoms with Crippen LogP contribution in [0.1, 0.15) is 0 Å². The Balaban J connectivity index is 2.42. The van der Waals surface area contributed by atoms with E-state index in [-0.39, 0.29) is 10.8 Å². The van der Waals surface area contributed by atoms with Crippen molar-refractivity contribution in [2.45, 2.75) is 6.18 Å². The number of rotatable bonds is 3. The van der Waals surface area contributed by atoms with E-state index in [1.54, 1.807) is 11.5 Å². The van der Waals surface area contributed by atoms with Gasteiger partial charge >= 0.3 is 12.1 Å². The van der Waals surface area contributed by atoms with Gasteiger partial charge in [-0.3, -0.25) is 20.4 Å². The molecule has 0 bridgehead atoms. The zero-order chi connectivity index (χ0) is 15.3. The summed E-state index contributed by atoms with van der Waals surface area (Å²) < 4.78 is 41.1. The Hall–Kier alpha value is -1.48. The molecule has 0 aliphatic heterocycles. The Bertz CT molecular complexity index is 525. The summed E-state index contributed by atoms with van der Waals surface area (Å²) in [6.45, 7) is -0.612. The summed E-state index contributed by atoms with van der Waals surface area (Å²) in [6.07, 6.45) is -5.08. The van der Waals surface area contributed by atoms with Crippen molar-refractivity contribution >= 4 is 39.3 Å². The number of carbonyl (C=O) groups excluding carboxylic acids is 2. The minimum absolute atomic E-state index is 0.173. The first-order valence-electron chi connectivity index (χ1n) is 4.94. The van der Waals surface area contributed by atoms with Crippen LogP contribution in [-0.2, 0) is 9.59 Å². The maximum atomic E-state index is 11.8. The molecule has 0 fully saturated rings. The molecule has 0 aliphatic rings.